The van der Waals surface area contributed by atoms with E-state index in [0.29, 0.717) is 37.8 Å². The number of carbonyl (C=O) groups is 2. The first-order valence-electron chi connectivity index (χ1n) is 14.2. The van der Waals surface area contributed by atoms with Gasteiger partial charge in [-0.25, -0.2) is 0 Å². The van der Waals surface area contributed by atoms with E-state index in [0.717, 1.165) is 47.4 Å². The molecule has 0 radical (unpaired) electrons. The highest BCUT2D eigenvalue weighted by Gasteiger charge is 2.56. The smallest absolute Gasteiger partial charge is 0.254 e. The van der Waals surface area contributed by atoms with Crippen molar-refractivity contribution in [3.8, 4) is 11.5 Å². The lowest BCUT2D eigenvalue weighted by molar-refractivity contribution is -0.166. The van der Waals surface area contributed by atoms with E-state index in [1.807, 2.05) is 57.2 Å². The number of methoxy groups -OCH3 is 1. The van der Waals surface area contributed by atoms with Crippen molar-refractivity contribution in [3.05, 3.63) is 59.3 Å². The van der Waals surface area contributed by atoms with E-state index in [2.05, 4.69) is 16.0 Å². The highest BCUT2D eigenvalue weighted by molar-refractivity contribution is 6.01. The Morgan fingerprint density at radius 3 is 2.60 bits per heavy atom. The van der Waals surface area contributed by atoms with E-state index in [1.54, 1.807) is 16.9 Å². The Balaban J connectivity index is 1.41. The van der Waals surface area contributed by atoms with E-state index >= 15 is 0 Å². The molecular weight excluding hydrogens is 508 g/mol. The van der Waals surface area contributed by atoms with Gasteiger partial charge in [0.2, 0.25) is 5.91 Å². The van der Waals surface area contributed by atoms with Crippen LogP contribution in [0.25, 0.3) is 10.9 Å². The number of nitrogens with zero attached hydrogens (tertiary/aromatic N) is 3. The summed E-state index contributed by atoms with van der Waals surface area (Å²) in [6.07, 6.45) is 0.0125. The number of amides is 2. The van der Waals surface area contributed by atoms with Gasteiger partial charge >= 0.3 is 0 Å². The number of para-hydroxylation sites is 1. The first-order valence-corrected chi connectivity index (χ1v) is 14.2. The maximum absolute atomic E-state index is 14.3. The first-order chi connectivity index (χ1) is 19.3. The van der Waals surface area contributed by atoms with Crippen LogP contribution in [0.15, 0.2) is 42.5 Å². The monoisotopic (exact) mass is 546 g/mol. The SMILES string of the molecule is COc1cc(C2CN3C(=O)CN(CCN4CCOCC4)C(=O)[C@]3(C)c3[nH]c4ccccc4c32)ccc1OC(C)C. The third-order valence-electron chi connectivity index (χ3n) is 8.56. The molecule has 3 aliphatic rings. The largest absolute Gasteiger partial charge is 0.493 e. The second-order valence-electron chi connectivity index (χ2n) is 11.3. The predicted octanol–water partition coefficient (Wildman–Crippen LogP) is 3.33. The Hall–Kier alpha value is -3.56. The summed E-state index contributed by atoms with van der Waals surface area (Å²) in [6, 6.07) is 14.1. The van der Waals surface area contributed by atoms with Crippen LogP contribution >= 0.6 is 0 Å². The van der Waals surface area contributed by atoms with Crippen LogP contribution in [0.3, 0.4) is 0 Å². The molecule has 1 unspecified atom stereocenters. The number of piperazine rings is 1. The van der Waals surface area contributed by atoms with Crippen molar-refractivity contribution in [1.29, 1.82) is 0 Å². The van der Waals surface area contributed by atoms with Crippen molar-refractivity contribution in [2.75, 3.05) is 59.6 Å². The number of H-pyrrole nitrogens is 1. The fourth-order valence-corrected chi connectivity index (χ4v) is 6.49. The van der Waals surface area contributed by atoms with Gasteiger partial charge in [-0.2, -0.15) is 0 Å². The summed E-state index contributed by atoms with van der Waals surface area (Å²) in [6.45, 7) is 10.7. The Bertz CT molecular complexity index is 1430. The standard InChI is InChI=1S/C31H38N4O5/c1-20(2)40-25-10-9-21(17-26(25)38-4)23-18-35-27(36)19-34(12-11-33-13-15-39-16-14-33)30(37)31(35,3)29-28(23)22-7-5-6-8-24(22)32-29/h5-10,17,20,23,32H,11-16,18-19H2,1-4H3/t23?,31-/m0/s1. The van der Waals surface area contributed by atoms with E-state index in [1.165, 1.54) is 0 Å². The summed E-state index contributed by atoms with van der Waals surface area (Å²) in [5.41, 5.74) is 2.70. The molecule has 1 N–H and O–H groups in total. The van der Waals surface area contributed by atoms with Gasteiger partial charge < -0.3 is 29.0 Å². The molecular formula is C31H38N4O5. The molecule has 0 spiro atoms. The van der Waals surface area contributed by atoms with Gasteiger partial charge in [-0.3, -0.25) is 14.5 Å². The van der Waals surface area contributed by atoms with Gasteiger partial charge in [0.05, 0.1) is 38.7 Å². The molecule has 2 amide bonds. The lowest BCUT2D eigenvalue weighted by Crippen LogP contribution is -2.68. The minimum absolute atomic E-state index is 0.0125. The number of aromatic amines is 1. The van der Waals surface area contributed by atoms with E-state index < -0.39 is 5.54 Å². The lowest BCUT2D eigenvalue weighted by Gasteiger charge is -2.51. The molecule has 212 valence electrons. The third kappa shape index (κ3) is 4.41. The van der Waals surface area contributed by atoms with E-state index in [9.17, 15) is 9.59 Å². The number of carbonyl (C=O) groups excluding carboxylic acids is 2. The predicted molar refractivity (Wildman–Crippen MR) is 152 cm³/mol. The number of ether oxygens (including phenoxy) is 3. The zero-order valence-electron chi connectivity index (χ0n) is 23.7. The second-order valence-corrected chi connectivity index (χ2v) is 11.3. The van der Waals surface area contributed by atoms with Crippen LogP contribution < -0.4 is 9.47 Å². The molecule has 2 saturated heterocycles. The zero-order valence-corrected chi connectivity index (χ0v) is 23.7. The van der Waals surface area contributed by atoms with Crippen LogP contribution in [0.1, 0.15) is 43.5 Å². The fourth-order valence-electron chi connectivity index (χ4n) is 6.49. The topological polar surface area (TPSA) is 87.3 Å². The lowest BCUT2D eigenvalue weighted by atomic mass is 9.76. The van der Waals surface area contributed by atoms with E-state index in [4.69, 9.17) is 14.2 Å². The van der Waals surface area contributed by atoms with Crippen LogP contribution in [-0.2, 0) is 19.9 Å². The minimum atomic E-state index is -1.12. The Kier molecular flexibility index (Phi) is 6.96. The number of morpholine rings is 1. The molecule has 1 aromatic heterocycles. The van der Waals surface area contributed by atoms with Crippen LogP contribution in [0.2, 0.25) is 0 Å². The Labute approximate surface area is 235 Å². The molecule has 9 heteroatoms. The van der Waals surface area contributed by atoms with Gasteiger partial charge in [-0.1, -0.05) is 24.3 Å². The molecule has 40 heavy (non-hydrogen) atoms. The number of nitrogens with one attached hydrogen (secondary N) is 1. The second kappa shape index (κ2) is 10.4. The molecule has 3 aromatic rings. The van der Waals surface area contributed by atoms with Crippen LogP contribution in [-0.4, -0.2) is 97.2 Å². The van der Waals surface area contributed by atoms with Crippen molar-refractivity contribution >= 4 is 22.7 Å². The number of aromatic nitrogens is 1. The molecule has 4 heterocycles. The summed E-state index contributed by atoms with van der Waals surface area (Å²) < 4.78 is 17.1. The molecule has 2 atom stereocenters. The summed E-state index contributed by atoms with van der Waals surface area (Å²) >= 11 is 0. The molecule has 0 saturated carbocycles. The van der Waals surface area contributed by atoms with Crippen molar-refractivity contribution in [2.45, 2.75) is 38.3 Å². The quantitative estimate of drug-likeness (QED) is 0.489. The Morgan fingerprint density at radius 1 is 1.07 bits per heavy atom. The maximum Gasteiger partial charge on any atom is 0.254 e. The van der Waals surface area contributed by atoms with Gasteiger partial charge in [0.15, 0.2) is 17.0 Å². The number of fused-ring (bicyclic) bond motifs is 5. The molecule has 3 aliphatic heterocycles. The molecule has 9 nitrogen and oxygen atoms in total. The van der Waals surface area contributed by atoms with Crippen molar-refractivity contribution in [3.63, 3.8) is 0 Å². The molecule has 2 fully saturated rings. The minimum Gasteiger partial charge on any atom is -0.493 e. The summed E-state index contributed by atoms with van der Waals surface area (Å²) in [5, 5.41) is 1.07. The number of hydrogen-bond donors (Lipinski definition) is 1. The fraction of sp³-hybridized carbons (Fsp3) is 0.484. The average Bonchev–Trinajstić information content (AvgIpc) is 3.36. The average molecular weight is 547 g/mol. The molecule has 6 rings (SSSR count). The first kappa shape index (κ1) is 26.7. The van der Waals surface area contributed by atoms with Crippen LogP contribution in [0.5, 0.6) is 11.5 Å². The third-order valence-corrected chi connectivity index (χ3v) is 8.56. The Morgan fingerprint density at radius 2 is 1.85 bits per heavy atom. The van der Waals surface area contributed by atoms with Gasteiger partial charge in [0, 0.05) is 49.5 Å². The molecule has 2 aromatic carbocycles. The van der Waals surface area contributed by atoms with Gasteiger partial charge in [-0.15, -0.1) is 0 Å². The highest BCUT2D eigenvalue weighted by Crippen LogP contribution is 2.49. The van der Waals surface area contributed by atoms with Crippen molar-refractivity contribution in [1.82, 2.24) is 19.7 Å². The summed E-state index contributed by atoms with van der Waals surface area (Å²) in [4.78, 5) is 37.4. The van der Waals surface area contributed by atoms with Crippen LogP contribution in [0.4, 0.5) is 0 Å². The van der Waals surface area contributed by atoms with Gasteiger partial charge in [0.25, 0.3) is 5.91 Å². The molecule has 0 aliphatic carbocycles. The number of hydrogen-bond acceptors (Lipinski definition) is 6. The van der Waals surface area contributed by atoms with Crippen molar-refractivity contribution < 1.29 is 23.8 Å². The van der Waals surface area contributed by atoms with E-state index in [-0.39, 0.29) is 30.4 Å². The number of benzene rings is 2. The normalized spacial score (nSPS) is 23.5. The molecule has 0 bridgehead atoms. The summed E-state index contributed by atoms with van der Waals surface area (Å²) in [7, 11) is 1.64. The summed E-state index contributed by atoms with van der Waals surface area (Å²) in [5.74, 6) is 1.12. The van der Waals surface area contributed by atoms with Crippen molar-refractivity contribution in [2.24, 2.45) is 0 Å². The zero-order chi connectivity index (χ0) is 28.0. The highest BCUT2D eigenvalue weighted by atomic mass is 16.5. The van der Waals surface area contributed by atoms with Gasteiger partial charge in [-0.05, 0) is 50.1 Å². The maximum atomic E-state index is 14.3. The number of rotatable bonds is 7. The van der Waals surface area contributed by atoms with Gasteiger partial charge in [0.1, 0.15) is 0 Å². The van der Waals surface area contributed by atoms with Crippen LogP contribution in [0, 0.1) is 0 Å².